The molecule has 0 aliphatic rings. The maximum absolute atomic E-state index is 12.0. The standard InChI is InChI=1S/C22H19N5O/c1-15-12-18(14-25-26-22(28)21-7-3-4-10-24-21)16(2)27(15)19-8-9-20-17(13-19)6-5-11-23-20/h3-14H,1-2H3,(H,26,28). The largest absolute Gasteiger partial charge is 0.318 e. The fourth-order valence-electron chi connectivity index (χ4n) is 3.23. The van der Waals surface area contributed by atoms with Gasteiger partial charge in [0.2, 0.25) is 0 Å². The van der Waals surface area contributed by atoms with E-state index in [2.05, 4.69) is 43.3 Å². The van der Waals surface area contributed by atoms with Crippen molar-refractivity contribution < 1.29 is 4.79 Å². The molecule has 28 heavy (non-hydrogen) atoms. The van der Waals surface area contributed by atoms with Crippen molar-refractivity contribution in [2.75, 3.05) is 0 Å². The van der Waals surface area contributed by atoms with Gasteiger partial charge in [0.15, 0.2) is 0 Å². The van der Waals surface area contributed by atoms with Crippen molar-refractivity contribution in [2.24, 2.45) is 5.10 Å². The normalized spacial score (nSPS) is 11.2. The minimum absolute atomic E-state index is 0.329. The van der Waals surface area contributed by atoms with Crippen LogP contribution in [0.1, 0.15) is 27.4 Å². The first-order chi connectivity index (χ1) is 13.6. The van der Waals surface area contributed by atoms with E-state index < -0.39 is 0 Å². The highest BCUT2D eigenvalue weighted by atomic mass is 16.2. The molecule has 138 valence electrons. The molecule has 4 rings (SSSR count). The van der Waals surface area contributed by atoms with Crippen LogP contribution in [0.4, 0.5) is 0 Å². The molecule has 0 bridgehead atoms. The minimum Gasteiger partial charge on any atom is -0.318 e. The number of hydrogen-bond donors (Lipinski definition) is 1. The number of amides is 1. The highest BCUT2D eigenvalue weighted by molar-refractivity contribution is 5.93. The zero-order valence-electron chi connectivity index (χ0n) is 15.6. The Morgan fingerprint density at radius 2 is 1.89 bits per heavy atom. The number of rotatable bonds is 4. The molecule has 0 radical (unpaired) electrons. The first-order valence-electron chi connectivity index (χ1n) is 8.92. The highest BCUT2D eigenvalue weighted by Gasteiger charge is 2.10. The van der Waals surface area contributed by atoms with Crippen LogP contribution < -0.4 is 5.43 Å². The van der Waals surface area contributed by atoms with Crippen molar-refractivity contribution >= 4 is 23.0 Å². The number of benzene rings is 1. The van der Waals surface area contributed by atoms with Gasteiger partial charge in [-0.3, -0.25) is 14.8 Å². The number of aromatic nitrogens is 3. The number of fused-ring (bicyclic) bond motifs is 1. The van der Waals surface area contributed by atoms with Crippen LogP contribution in [0.25, 0.3) is 16.6 Å². The van der Waals surface area contributed by atoms with Crippen LogP contribution in [0, 0.1) is 13.8 Å². The van der Waals surface area contributed by atoms with Gasteiger partial charge in [0.25, 0.3) is 5.91 Å². The smallest absolute Gasteiger partial charge is 0.289 e. The van der Waals surface area contributed by atoms with E-state index in [1.807, 2.05) is 32.0 Å². The van der Waals surface area contributed by atoms with E-state index >= 15 is 0 Å². The molecule has 6 heteroatoms. The summed E-state index contributed by atoms with van der Waals surface area (Å²) in [6.45, 7) is 4.08. The summed E-state index contributed by atoms with van der Waals surface area (Å²) in [7, 11) is 0. The Labute approximate surface area is 162 Å². The SMILES string of the molecule is Cc1cc(C=NNC(=O)c2ccccn2)c(C)n1-c1ccc2ncccc2c1. The Morgan fingerprint density at radius 1 is 1.04 bits per heavy atom. The Bertz CT molecular complexity index is 1180. The van der Waals surface area contributed by atoms with Crippen molar-refractivity contribution in [1.29, 1.82) is 0 Å². The second-order valence-electron chi connectivity index (χ2n) is 6.46. The van der Waals surface area contributed by atoms with E-state index in [0.29, 0.717) is 5.69 Å². The van der Waals surface area contributed by atoms with Gasteiger partial charge in [-0.2, -0.15) is 5.10 Å². The number of aryl methyl sites for hydroxylation is 1. The first kappa shape index (κ1) is 17.6. The molecule has 1 N–H and O–H groups in total. The molecule has 4 aromatic rings. The molecule has 3 aromatic heterocycles. The van der Waals surface area contributed by atoms with E-state index in [4.69, 9.17) is 0 Å². The molecule has 1 aromatic carbocycles. The number of carbonyl (C=O) groups is 1. The lowest BCUT2D eigenvalue weighted by Gasteiger charge is -2.10. The van der Waals surface area contributed by atoms with E-state index in [0.717, 1.165) is 33.5 Å². The Morgan fingerprint density at radius 3 is 2.71 bits per heavy atom. The van der Waals surface area contributed by atoms with Crippen LogP contribution in [0.15, 0.2) is 72.1 Å². The lowest BCUT2D eigenvalue weighted by molar-refractivity contribution is 0.0950. The number of nitrogens with zero attached hydrogens (tertiary/aromatic N) is 4. The van der Waals surface area contributed by atoms with Gasteiger partial charge in [0, 0.05) is 40.4 Å². The van der Waals surface area contributed by atoms with Crippen LogP contribution >= 0.6 is 0 Å². The molecule has 6 nitrogen and oxygen atoms in total. The maximum Gasteiger partial charge on any atom is 0.289 e. The van der Waals surface area contributed by atoms with Crippen LogP contribution in [-0.4, -0.2) is 26.7 Å². The van der Waals surface area contributed by atoms with E-state index in [1.54, 1.807) is 36.8 Å². The van der Waals surface area contributed by atoms with Crippen LogP contribution in [0.5, 0.6) is 0 Å². The minimum atomic E-state index is -0.340. The third kappa shape index (κ3) is 3.40. The maximum atomic E-state index is 12.0. The summed E-state index contributed by atoms with van der Waals surface area (Å²) >= 11 is 0. The molecule has 0 unspecified atom stereocenters. The second kappa shape index (κ2) is 7.44. The highest BCUT2D eigenvalue weighted by Crippen LogP contribution is 2.22. The summed E-state index contributed by atoms with van der Waals surface area (Å²) in [5, 5.41) is 5.18. The molecule has 0 atom stereocenters. The number of hydrogen-bond acceptors (Lipinski definition) is 4. The van der Waals surface area contributed by atoms with Crippen LogP contribution in [-0.2, 0) is 0 Å². The Hall–Kier alpha value is -3.80. The number of carbonyl (C=O) groups excluding carboxylic acids is 1. The molecule has 0 spiro atoms. The fourth-order valence-corrected chi connectivity index (χ4v) is 3.23. The predicted molar refractivity (Wildman–Crippen MR) is 110 cm³/mol. The summed E-state index contributed by atoms with van der Waals surface area (Å²) < 4.78 is 2.16. The van der Waals surface area contributed by atoms with Gasteiger partial charge in [-0.1, -0.05) is 12.1 Å². The first-order valence-corrected chi connectivity index (χ1v) is 8.92. The average molecular weight is 369 g/mol. The van der Waals surface area contributed by atoms with Gasteiger partial charge in [-0.25, -0.2) is 5.43 Å². The number of pyridine rings is 2. The van der Waals surface area contributed by atoms with Gasteiger partial charge < -0.3 is 4.57 Å². The monoisotopic (exact) mass is 369 g/mol. The zero-order valence-corrected chi connectivity index (χ0v) is 15.6. The molecular weight excluding hydrogens is 350 g/mol. The van der Waals surface area contributed by atoms with E-state index in [1.165, 1.54) is 0 Å². The molecule has 0 aliphatic carbocycles. The Kier molecular flexibility index (Phi) is 4.68. The Balaban J connectivity index is 1.59. The van der Waals surface area contributed by atoms with Gasteiger partial charge in [0.05, 0.1) is 11.7 Å². The summed E-state index contributed by atoms with van der Waals surface area (Å²) in [6.07, 6.45) is 5.02. The van der Waals surface area contributed by atoms with E-state index in [-0.39, 0.29) is 5.91 Å². The number of hydrazone groups is 1. The third-order valence-corrected chi connectivity index (χ3v) is 4.58. The van der Waals surface area contributed by atoms with Crippen molar-refractivity contribution in [2.45, 2.75) is 13.8 Å². The molecule has 1 amide bonds. The molecular formula is C22H19N5O. The predicted octanol–water partition coefficient (Wildman–Crippen LogP) is 3.80. The van der Waals surface area contributed by atoms with Crippen molar-refractivity contribution in [3.05, 3.63) is 89.6 Å². The molecule has 3 heterocycles. The quantitative estimate of drug-likeness (QED) is 0.439. The van der Waals surface area contributed by atoms with Crippen molar-refractivity contribution in [3.8, 4) is 5.69 Å². The van der Waals surface area contributed by atoms with Crippen LogP contribution in [0.2, 0.25) is 0 Å². The van der Waals surface area contributed by atoms with Gasteiger partial charge in [-0.05, 0) is 56.3 Å². The summed E-state index contributed by atoms with van der Waals surface area (Å²) in [4.78, 5) is 20.4. The lowest BCUT2D eigenvalue weighted by atomic mass is 10.2. The second-order valence-corrected chi connectivity index (χ2v) is 6.46. The fraction of sp³-hybridized carbons (Fsp3) is 0.0909. The topological polar surface area (TPSA) is 72.2 Å². The van der Waals surface area contributed by atoms with Crippen molar-refractivity contribution in [3.63, 3.8) is 0 Å². The summed E-state index contributed by atoms with van der Waals surface area (Å²) in [5.41, 5.74) is 7.93. The van der Waals surface area contributed by atoms with Crippen LogP contribution in [0.3, 0.4) is 0 Å². The summed E-state index contributed by atoms with van der Waals surface area (Å²) in [5.74, 6) is -0.340. The van der Waals surface area contributed by atoms with Gasteiger partial charge >= 0.3 is 0 Å². The molecule has 0 saturated carbocycles. The summed E-state index contributed by atoms with van der Waals surface area (Å²) in [6, 6.07) is 17.4. The van der Waals surface area contributed by atoms with E-state index in [9.17, 15) is 4.79 Å². The average Bonchev–Trinajstić information content (AvgIpc) is 3.01. The molecule has 0 saturated heterocycles. The van der Waals surface area contributed by atoms with Gasteiger partial charge in [-0.15, -0.1) is 0 Å². The molecule has 0 fully saturated rings. The third-order valence-electron chi connectivity index (χ3n) is 4.58. The van der Waals surface area contributed by atoms with Crippen molar-refractivity contribution in [1.82, 2.24) is 20.0 Å². The van der Waals surface area contributed by atoms with Gasteiger partial charge in [0.1, 0.15) is 5.69 Å². The zero-order chi connectivity index (χ0) is 19.5. The lowest BCUT2D eigenvalue weighted by Crippen LogP contribution is -2.18. The number of nitrogens with one attached hydrogen (secondary N) is 1. The molecule has 0 aliphatic heterocycles.